The first-order valence-corrected chi connectivity index (χ1v) is 14.6. The molecule has 1 fully saturated rings. The van der Waals surface area contributed by atoms with Crippen LogP contribution in [0.4, 0.5) is 11.4 Å². The molecular weight excluding hydrogens is 514 g/mol. The Morgan fingerprint density at radius 1 is 0.872 bits per heavy atom. The first-order chi connectivity index (χ1) is 18.7. The topological polar surface area (TPSA) is 88.2 Å². The molecule has 3 aromatic rings. The lowest BCUT2D eigenvalue weighted by Crippen LogP contribution is -2.40. The highest BCUT2D eigenvalue weighted by Gasteiger charge is 2.28. The Hall–Kier alpha value is -3.72. The van der Waals surface area contributed by atoms with Crippen molar-refractivity contribution >= 4 is 27.3 Å². The minimum atomic E-state index is -4.11. The van der Waals surface area contributed by atoms with Gasteiger partial charge in [-0.15, -0.1) is 0 Å². The van der Waals surface area contributed by atoms with Crippen molar-refractivity contribution in [1.82, 2.24) is 5.32 Å². The molecule has 39 heavy (non-hydrogen) atoms. The molecule has 208 valence electrons. The van der Waals surface area contributed by atoms with E-state index in [1.807, 2.05) is 32.0 Å². The van der Waals surface area contributed by atoms with Crippen LogP contribution in [0.15, 0.2) is 65.6 Å². The maximum atomic E-state index is 13.9. The van der Waals surface area contributed by atoms with Gasteiger partial charge in [0.1, 0.15) is 6.54 Å². The van der Waals surface area contributed by atoms with Crippen LogP contribution in [0.2, 0.25) is 0 Å². The maximum Gasteiger partial charge on any atom is 0.264 e. The van der Waals surface area contributed by atoms with Gasteiger partial charge in [0.15, 0.2) is 11.5 Å². The molecule has 0 radical (unpaired) electrons. The van der Waals surface area contributed by atoms with Gasteiger partial charge in [-0.2, -0.15) is 0 Å². The summed E-state index contributed by atoms with van der Waals surface area (Å²) in [5.74, 6) is 0.299. The van der Waals surface area contributed by atoms with Crippen LogP contribution in [-0.4, -0.2) is 48.2 Å². The fourth-order valence-corrected chi connectivity index (χ4v) is 6.30. The lowest BCUT2D eigenvalue weighted by Gasteiger charge is -2.29. The first kappa shape index (κ1) is 28.3. The number of sulfonamides is 1. The molecule has 4 rings (SSSR count). The summed E-state index contributed by atoms with van der Waals surface area (Å²) in [4.78, 5) is 15.5. The second-order valence-corrected chi connectivity index (χ2v) is 11.7. The molecule has 0 aromatic heterocycles. The maximum absolute atomic E-state index is 13.9. The van der Waals surface area contributed by atoms with Gasteiger partial charge in [0, 0.05) is 31.4 Å². The van der Waals surface area contributed by atoms with Crippen molar-refractivity contribution in [3.05, 3.63) is 77.4 Å². The second-order valence-electron chi connectivity index (χ2n) is 9.87. The van der Waals surface area contributed by atoms with Crippen LogP contribution in [-0.2, 0) is 21.4 Å². The molecule has 0 bridgehead atoms. The van der Waals surface area contributed by atoms with Gasteiger partial charge in [0.2, 0.25) is 5.91 Å². The van der Waals surface area contributed by atoms with Crippen molar-refractivity contribution in [3.8, 4) is 11.5 Å². The van der Waals surface area contributed by atoms with Crippen LogP contribution in [0.3, 0.4) is 0 Å². The summed E-state index contributed by atoms with van der Waals surface area (Å²) >= 11 is 0. The number of carbonyl (C=O) groups excluding carboxylic acids is 1. The number of carbonyl (C=O) groups is 1. The minimum Gasteiger partial charge on any atom is -0.493 e. The van der Waals surface area contributed by atoms with Crippen LogP contribution >= 0.6 is 0 Å². The molecular formula is C30H37N3O5S. The van der Waals surface area contributed by atoms with Gasteiger partial charge in [0.25, 0.3) is 10.0 Å². The number of amides is 1. The molecule has 0 unspecified atom stereocenters. The Bertz CT molecular complexity index is 1380. The lowest BCUT2D eigenvalue weighted by atomic mass is 10.1. The van der Waals surface area contributed by atoms with Crippen molar-refractivity contribution in [2.24, 2.45) is 0 Å². The third kappa shape index (κ3) is 6.84. The van der Waals surface area contributed by atoms with Crippen molar-refractivity contribution in [2.45, 2.75) is 44.6 Å². The number of hydrogen-bond acceptors (Lipinski definition) is 6. The van der Waals surface area contributed by atoms with E-state index in [2.05, 4.69) is 22.3 Å². The van der Waals surface area contributed by atoms with Gasteiger partial charge >= 0.3 is 0 Å². The average molecular weight is 552 g/mol. The largest absolute Gasteiger partial charge is 0.493 e. The lowest BCUT2D eigenvalue weighted by molar-refractivity contribution is -0.119. The van der Waals surface area contributed by atoms with Crippen LogP contribution in [0.1, 0.15) is 36.0 Å². The highest BCUT2D eigenvalue weighted by molar-refractivity contribution is 7.92. The van der Waals surface area contributed by atoms with E-state index in [4.69, 9.17) is 9.47 Å². The van der Waals surface area contributed by atoms with Crippen LogP contribution in [0.25, 0.3) is 0 Å². The molecule has 1 aliphatic rings. The van der Waals surface area contributed by atoms with Gasteiger partial charge in [-0.05, 0) is 86.2 Å². The number of hydrogen-bond donors (Lipinski definition) is 1. The molecule has 0 aliphatic carbocycles. The molecule has 1 amide bonds. The van der Waals surface area contributed by atoms with Gasteiger partial charge in [-0.3, -0.25) is 9.10 Å². The summed E-state index contributed by atoms with van der Waals surface area (Å²) in [6.45, 7) is 5.86. The van der Waals surface area contributed by atoms with E-state index in [0.29, 0.717) is 18.0 Å². The van der Waals surface area contributed by atoms with Crippen molar-refractivity contribution in [1.29, 1.82) is 0 Å². The van der Waals surface area contributed by atoms with Crippen molar-refractivity contribution < 1.29 is 22.7 Å². The molecule has 1 N–H and O–H groups in total. The number of ether oxygens (including phenoxy) is 2. The quantitative estimate of drug-likeness (QED) is 0.389. The Labute approximate surface area is 231 Å². The zero-order valence-electron chi connectivity index (χ0n) is 23.1. The fraction of sp³-hybridized carbons (Fsp3) is 0.367. The Kier molecular flexibility index (Phi) is 9.01. The summed E-state index contributed by atoms with van der Waals surface area (Å²) in [5, 5.41) is 2.89. The van der Waals surface area contributed by atoms with E-state index in [1.54, 1.807) is 18.2 Å². The number of nitrogens with one attached hydrogen (secondary N) is 1. The standard InChI is InChI=1S/C30H37N3O5S/c1-22-16-23(2)18-26(17-22)33(39(35,36)27-12-13-28(37-3)29(19-27)38-4)21-30(34)31-20-24-8-10-25(11-9-24)32-14-6-5-7-15-32/h8-13,16-19H,5-7,14-15,20-21H2,1-4H3,(H,31,34). The van der Waals surface area contributed by atoms with Gasteiger partial charge in [-0.1, -0.05) is 18.2 Å². The monoisotopic (exact) mass is 551 g/mol. The summed E-state index contributed by atoms with van der Waals surface area (Å²) < 4.78 is 39.5. The number of methoxy groups -OCH3 is 2. The third-order valence-electron chi connectivity index (χ3n) is 6.87. The highest BCUT2D eigenvalue weighted by Crippen LogP contribution is 2.32. The van der Waals surface area contributed by atoms with E-state index in [0.717, 1.165) is 34.1 Å². The molecule has 1 aliphatic heterocycles. The summed E-state index contributed by atoms with van der Waals surface area (Å²) in [7, 11) is -1.18. The average Bonchev–Trinajstić information content (AvgIpc) is 2.94. The van der Waals surface area contributed by atoms with Crippen LogP contribution < -0.4 is 24.0 Å². The molecule has 1 heterocycles. The number of piperidine rings is 1. The van der Waals surface area contributed by atoms with E-state index < -0.39 is 15.9 Å². The van der Waals surface area contributed by atoms with Crippen molar-refractivity contribution in [2.75, 3.05) is 43.1 Å². The van der Waals surface area contributed by atoms with Gasteiger partial charge < -0.3 is 19.7 Å². The Morgan fingerprint density at radius 2 is 1.51 bits per heavy atom. The van der Waals surface area contributed by atoms with E-state index >= 15 is 0 Å². The first-order valence-electron chi connectivity index (χ1n) is 13.1. The molecule has 0 spiro atoms. The zero-order chi connectivity index (χ0) is 28.0. The second kappa shape index (κ2) is 12.4. The summed E-state index contributed by atoms with van der Waals surface area (Å²) in [5.41, 5.74) is 4.35. The minimum absolute atomic E-state index is 0.000380. The van der Waals surface area contributed by atoms with Crippen LogP contribution in [0, 0.1) is 13.8 Å². The smallest absolute Gasteiger partial charge is 0.264 e. The Balaban J connectivity index is 1.54. The number of nitrogens with zero attached hydrogens (tertiary/aromatic N) is 2. The molecule has 9 heteroatoms. The zero-order valence-corrected chi connectivity index (χ0v) is 23.9. The molecule has 8 nitrogen and oxygen atoms in total. The third-order valence-corrected chi connectivity index (χ3v) is 8.64. The predicted molar refractivity (Wildman–Crippen MR) is 154 cm³/mol. The number of rotatable bonds is 10. The predicted octanol–water partition coefficient (Wildman–Crippen LogP) is 4.82. The number of anilines is 2. The van der Waals surface area contributed by atoms with E-state index in [9.17, 15) is 13.2 Å². The van der Waals surface area contributed by atoms with E-state index in [1.165, 1.54) is 51.3 Å². The molecule has 3 aromatic carbocycles. The molecule has 0 saturated carbocycles. The highest BCUT2D eigenvalue weighted by atomic mass is 32.2. The SMILES string of the molecule is COc1ccc(S(=O)(=O)N(CC(=O)NCc2ccc(N3CCCCC3)cc2)c2cc(C)cc(C)c2)cc1OC. The fourth-order valence-electron chi connectivity index (χ4n) is 4.88. The van der Waals surface area contributed by atoms with Crippen LogP contribution in [0.5, 0.6) is 11.5 Å². The van der Waals surface area contributed by atoms with E-state index in [-0.39, 0.29) is 17.2 Å². The molecule has 1 saturated heterocycles. The number of benzene rings is 3. The van der Waals surface area contributed by atoms with Gasteiger partial charge in [0.05, 0.1) is 24.8 Å². The summed E-state index contributed by atoms with van der Waals surface area (Å²) in [6, 6.07) is 18.1. The summed E-state index contributed by atoms with van der Waals surface area (Å²) in [6.07, 6.45) is 3.70. The van der Waals surface area contributed by atoms with Gasteiger partial charge in [-0.25, -0.2) is 8.42 Å². The van der Waals surface area contributed by atoms with Crippen molar-refractivity contribution in [3.63, 3.8) is 0 Å². The Morgan fingerprint density at radius 3 is 2.13 bits per heavy atom. The normalized spacial score (nSPS) is 13.6. The number of aryl methyl sites for hydroxylation is 2. The molecule has 0 atom stereocenters.